The largest absolute Gasteiger partial charge is 0.385 e. The number of hydrogen-bond donors (Lipinski definition) is 0. The Labute approximate surface area is 94.1 Å². The van der Waals surface area contributed by atoms with Crippen molar-refractivity contribution in [1.29, 1.82) is 0 Å². The van der Waals surface area contributed by atoms with E-state index in [1.54, 1.807) is 21.3 Å². The van der Waals surface area contributed by atoms with Gasteiger partial charge in [-0.25, -0.2) is 0 Å². The van der Waals surface area contributed by atoms with Crippen molar-refractivity contribution < 1.29 is 14.2 Å². The second-order valence-corrected chi connectivity index (χ2v) is 3.92. The van der Waals surface area contributed by atoms with Crippen molar-refractivity contribution in [2.75, 3.05) is 41.2 Å². The SMILES string of the molecule is COCCCC(CCCOC)CCOC. The van der Waals surface area contributed by atoms with E-state index in [4.69, 9.17) is 14.2 Å². The molecule has 0 aromatic carbocycles. The first-order valence-corrected chi connectivity index (χ1v) is 5.82. The van der Waals surface area contributed by atoms with Crippen LogP contribution in [0.3, 0.4) is 0 Å². The van der Waals surface area contributed by atoms with Crippen molar-refractivity contribution in [3.8, 4) is 0 Å². The summed E-state index contributed by atoms with van der Waals surface area (Å²) in [7, 11) is 5.28. The van der Waals surface area contributed by atoms with Gasteiger partial charge >= 0.3 is 0 Å². The molecule has 0 N–H and O–H groups in total. The van der Waals surface area contributed by atoms with Gasteiger partial charge in [0.2, 0.25) is 0 Å². The Kier molecular flexibility index (Phi) is 11.9. The maximum atomic E-state index is 5.12. The molecule has 3 heteroatoms. The van der Waals surface area contributed by atoms with Crippen LogP contribution in [0, 0.1) is 5.92 Å². The highest BCUT2D eigenvalue weighted by Crippen LogP contribution is 2.17. The molecule has 0 saturated heterocycles. The van der Waals surface area contributed by atoms with Crippen LogP contribution < -0.4 is 0 Å². The summed E-state index contributed by atoms with van der Waals surface area (Å²) in [5.74, 6) is 0.759. The molecule has 0 amide bonds. The van der Waals surface area contributed by atoms with Crippen molar-refractivity contribution in [1.82, 2.24) is 0 Å². The van der Waals surface area contributed by atoms with Gasteiger partial charge in [0.25, 0.3) is 0 Å². The molecule has 0 aliphatic carbocycles. The number of methoxy groups -OCH3 is 3. The van der Waals surface area contributed by atoms with Crippen LogP contribution in [0.15, 0.2) is 0 Å². The molecule has 0 heterocycles. The van der Waals surface area contributed by atoms with Gasteiger partial charge in [-0.1, -0.05) is 0 Å². The van der Waals surface area contributed by atoms with Crippen molar-refractivity contribution in [3.63, 3.8) is 0 Å². The summed E-state index contributed by atoms with van der Waals surface area (Å²) in [5.41, 5.74) is 0. The molecule has 0 bridgehead atoms. The van der Waals surface area contributed by atoms with Gasteiger partial charge in [-0.05, 0) is 38.0 Å². The van der Waals surface area contributed by atoms with Gasteiger partial charge in [-0.2, -0.15) is 0 Å². The summed E-state index contributed by atoms with van der Waals surface area (Å²) in [6.07, 6.45) is 5.93. The lowest BCUT2D eigenvalue weighted by molar-refractivity contribution is 0.148. The van der Waals surface area contributed by atoms with Crippen molar-refractivity contribution in [2.24, 2.45) is 5.92 Å². The Morgan fingerprint density at radius 2 is 1.13 bits per heavy atom. The van der Waals surface area contributed by atoms with Crippen LogP contribution >= 0.6 is 0 Å². The summed E-state index contributed by atoms with van der Waals surface area (Å²) in [6, 6.07) is 0. The monoisotopic (exact) mass is 218 g/mol. The predicted molar refractivity (Wildman–Crippen MR) is 62.2 cm³/mol. The fourth-order valence-corrected chi connectivity index (χ4v) is 1.75. The zero-order valence-electron chi connectivity index (χ0n) is 10.5. The smallest absolute Gasteiger partial charge is 0.0464 e. The molecule has 92 valence electrons. The van der Waals surface area contributed by atoms with Crippen molar-refractivity contribution in [2.45, 2.75) is 32.1 Å². The first-order valence-electron chi connectivity index (χ1n) is 5.82. The minimum absolute atomic E-state index is 0.759. The summed E-state index contributed by atoms with van der Waals surface area (Å²) in [4.78, 5) is 0. The maximum absolute atomic E-state index is 5.12. The fraction of sp³-hybridized carbons (Fsp3) is 1.00. The van der Waals surface area contributed by atoms with Crippen LogP contribution in [0.5, 0.6) is 0 Å². The molecule has 15 heavy (non-hydrogen) atoms. The Hall–Kier alpha value is -0.120. The molecule has 0 spiro atoms. The van der Waals surface area contributed by atoms with Crippen LogP contribution in [0.25, 0.3) is 0 Å². The number of rotatable bonds is 11. The first-order chi connectivity index (χ1) is 7.35. The number of ether oxygens (including phenoxy) is 3. The van der Waals surface area contributed by atoms with Crippen LogP contribution in [-0.4, -0.2) is 41.2 Å². The minimum atomic E-state index is 0.759. The van der Waals surface area contributed by atoms with Crippen LogP contribution in [-0.2, 0) is 14.2 Å². The molecule has 3 nitrogen and oxygen atoms in total. The topological polar surface area (TPSA) is 27.7 Å². The van der Waals surface area contributed by atoms with E-state index in [1.807, 2.05) is 0 Å². The van der Waals surface area contributed by atoms with Gasteiger partial charge in [0.05, 0.1) is 0 Å². The molecule has 0 rings (SSSR count). The molecule has 0 aliphatic rings. The lowest BCUT2D eigenvalue weighted by Gasteiger charge is -2.15. The Morgan fingerprint density at radius 3 is 1.53 bits per heavy atom. The minimum Gasteiger partial charge on any atom is -0.385 e. The van der Waals surface area contributed by atoms with E-state index in [1.165, 1.54) is 12.8 Å². The van der Waals surface area contributed by atoms with Gasteiger partial charge in [0, 0.05) is 41.2 Å². The standard InChI is InChI=1S/C12H26O3/c1-13-9-4-6-12(8-11-15-3)7-5-10-14-2/h12H,4-11H2,1-3H3. The molecule has 0 aromatic heterocycles. The van der Waals surface area contributed by atoms with Gasteiger partial charge in [0.15, 0.2) is 0 Å². The van der Waals surface area contributed by atoms with Gasteiger partial charge in [-0.3, -0.25) is 0 Å². The lowest BCUT2D eigenvalue weighted by Crippen LogP contribution is -2.07. The maximum Gasteiger partial charge on any atom is 0.0464 e. The first kappa shape index (κ1) is 14.9. The van der Waals surface area contributed by atoms with E-state index in [0.717, 1.165) is 45.0 Å². The quantitative estimate of drug-likeness (QED) is 0.499. The predicted octanol–water partition coefficient (Wildman–Crippen LogP) is 2.49. The summed E-state index contributed by atoms with van der Waals surface area (Å²) < 4.78 is 15.3. The molecule has 0 aliphatic heterocycles. The summed E-state index contributed by atoms with van der Waals surface area (Å²) in [6.45, 7) is 2.60. The Bertz CT molecular complexity index is 107. The molecule has 0 saturated carbocycles. The average molecular weight is 218 g/mol. The fourth-order valence-electron chi connectivity index (χ4n) is 1.75. The van der Waals surface area contributed by atoms with E-state index in [9.17, 15) is 0 Å². The van der Waals surface area contributed by atoms with Crippen LogP contribution in [0.4, 0.5) is 0 Å². The van der Waals surface area contributed by atoms with E-state index in [2.05, 4.69) is 0 Å². The molecule has 0 atom stereocenters. The lowest BCUT2D eigenvalue weighted by atomic mass is 9.95. The van der Waals surface area contributed by atoms with Gasteiger partial charge in [0.1, 0.15) is 0 Å². The highest BCUT2D eigenvalue weighted by Gasteiger charge is 2.08. The third-order valence-corrected chi connectivity index (χ3v) is 2.65. The van der Waals surface area contributed by atoms with E-state index in [-0.39, 0.29) is 0 Å². The van der Waals surface area contributed by atoms with Gasteiger partial charge in [-0.15, -0.1) is 0 Å². The van der Waals surface area contributed by atoms with E-state index in [0.29, 0.717) is 0 Å². The third-order valence-electron chi connectivity index (χ3n) is 2.65. The highest BCUT2D eigenvalue weighted by atomic mass is 16.5. The molecule has 0 aromatic rings. The molecule has 0 radical (unpaired) electrons. The van der Waals surface area contributed by atoms with E-state index >= 15 is 0 Å². The Morgan fingerprint density at radius 1 is 0.667 bits per heavy atom. The number of hydrogen-bond acceptors (Lipinski definition) is 3. The van der Waals surface area contributed by atoms with Crippen LogP contribution in [0.2, 0.25) is 0 Å². The zero-order valence-corrected chi connectivity index (χ0v) is 10.5. The summed E-state index contributed by atoms with van der Waals surface area (Å²) >= 11 is 0. The second kappa shape index (κ2) is 12.0. The zero-order chi connectivity index (χ0) is 11.4. The second-order valence-electron chi connectivity index (χ2n) is 3.92. The summed E-state index contributed by atoms with van der Waals surface area (Å²) in [5, 5.41) is 0. The van der Waals surface area contributed by atoms with Crippen LogP contribution in [0.1, 0.15) is 32.1 Å². The molecule has 0 fully saturated rings. The Balaban J connectivity index is 3.53. The molecular formula is C12H26O3. The molecular weight excluding hydrogens is 192 g/mol. The van der Waals surface area contributed by atoms with Crippen molar-refractivity contribution in [3.05, 3.63) is 0 Å². The average Bonchev–Trinajstić information content (AvgIpc) is 2.25. The van der Waals surface area contributed by atoms with Gasteiger partial charge < -0.3 is 14.2 Å². The normalized spacial score (nSPS) is 11.2. The third kappa shape index (κ3) is 10.2. The van der Waals surface area contributed by atoms with E-state index < -0.39 is 0 Å². The van der Waals surface area contributed by atoms with Crippen molar-refractivity contribution >= 4 is 0 Å². The highest BCUT2D eigenvalue weighted by molar-refractivity contribution is 4.59. The molecule has 0 unspecified atom stereocenters.